The zero-order valence-electron chi connectivity index (χ0n) is 16.7. The van der Waals surface area contributed by atoms with Gasteiger partial charge in [0, 0.05) is 6.61 Å². The Bertz CT molecular complexity index is 479. The molecular weight excluding hydrogens is 348 g/mol. The number of carboxylic acid groups (broad SMARTS) is 2. The first kappa shape index (κ1) is 22.2. The van der Waals surface area contributed by atoms with Crippen molar-refractivity contribution in [3.63, 3.8) is 0 Å². The van der Waals surface area contributed by atoms with E-state index in [0.29, 0.717) is 19.4 Å². The lowest BCUT2D eigenvalue weighted by molar-refractivity contribution is -0.158. The van der Waals surface area contributed by atoms with Crippen LogP contribution in [0.3, 0.4) is 0 Å². The summed E-state index contributed by atoms with van der Waals surface area (Å²) < 4.78 is 11.6. The molecule has 2 aliphatic rings. The van der Waals surface area contributed by atoms with Crippen LogP contribution in [0, 0.1) is 11.8 Å². The van der Waals surface area contributed by atoms with E-state index >= 15 is 0 Å². The molecule has 0 amide bonds. The fraction of sp³-hybridized carbons (Fsp3) is 0.905. The zero-order valence-corrected chi connectivity index (χ0v) is 16.7. The van der Waals surface area contributed by atoms with Crippen LogP contribution in [0.25, 0.3) is 0 Å². The van der Waals surface area contributed by atoms with Gasteiger partial charge in [-0.25, -0.2) is 0 Å². The fourth-order valence-corrected chi connectivity index (χ4v) is 4.64. The van der Waals surface area contributed by atoms with Crippen molar-refractivity contribution in [1.29, 1.82) is 0 Å². The molecule has 6 heteroatoms. The van der Waals surface area contributed by atoms with Crippen LogP contribution in [-0.4, -0.2) is 47.1 Å². The largest absolute Gasteiger partial charge is 0.481 e. The molecule has 6 nitrogen and oxygen atoms in total. The first-order chi connectivity index (χ1) is 13.0. The standard InChI is InChI=1S/C21H36O6/c1-2-3-4-5-6-7-8-9-10-11-14-26-15-21-13-12-16(27-21)17(19(22)23)18(21)20(24)25/h16-18H,2-15H2,1H3,(H,22,23)(H,24,25)/t16-,17?,18?,21-/m1/s1. The number of rotatable bonds is 15. The van der Waals surface area contributed by atoms with E-state index in [1.807, 2.05) is 0 Å². The van der Waals surface area contributed by atoms with Crippen LogP contribution >= 0.6 is 0 Å². The molecule has 2 unspecified atom stereocenters. The second kappa shape index (κ2) is 11.0. The second-order valence-corrected chi connectivity index (χ2v) is 8.17. The average molecular weight is 385 g/mol. The van der Waals surface area contributed by atoms with Gasteiger partial charge in [-0.3, -0.25) is 9.59 Å². The lowest BCUT2D eigenvalue weighted by Crippen LogP contribution is -2.48. The maximum atomic E-state index is 11.6. The third-order valence-corrected chi connectivity index (χ3v) is 6.10. The van der Waals surface area contributed by atoms with Crippen molar-refractivity contribution >= 4 is 11.9 Å². The summed E-state index contributed by atoms with van der Waals surface area (Å²) in [5.74, 6) is -4.14. The van der Waals surface area contributed by atoms with Crippen molar-refractivity contribution in [1.82, 2.24) is 0 Å². The Morgan fingerprint density at radius 3 is 2.11 bits per heavy atom. The molecule has 2 saturated heterocycles. The fourth-order valence-electron chi connectivity index (χ4n) is 4.64. The Hall–Kier alpha value is -1.14. The number of carboxylic acids is 2. The molecule has 0 aromatic heterocycles. The van der Waals surface area contributed by atoms with Crippen LogP contribution in [-0.2, 0) is 19.1 Å². The van der Waals surface area contributed by atoms with Crippen LogP contribution in [0.2, 0.25) is 0 Å². The molecule has 0 aromatic carbocycles. The minimum atomic E-state index is -1.09. The minimum absolute atomic E-state index is 0.182. The molecule has 0 saturated carbocycles. The van der Waals surface area contributed by atoms with Gasteiger partial charge in [-0.05, 0) is 19.3 Å². The van der Waals surface area contributed by atoms with Gasteiger partial charge in [-0.1, -0.05) is 64.7 Å². The maximum Gasteiger partial charge on any atom is 0.310 e. The number of hydrogen-bond acceptors (Lipinski definition) is 4. The van der Waals surface area contributed by atoms with Crippen molar-refractivity contribution in [3.05, 3.63) is 0 Å². The Labute approximate surface area is 162 Å². The van der Waals surface area contributed by atoms with Crippen LogP contribution in [0.4, 0.5) is 0 Å². The summed E-state index contributed by atoms with van der Waals surface area (Å²) in [4.78, 5) is 23.1. The first-order valence-electron chi connectivity index (χ1n) is 10.7. The van der Waals surface area contributed by atoms with E-state index in [1.54, 1.807) is 0 Å². The average Bonchev–Trinajstić information content (AvgIpc) is 3.19. The lowest BCUT2D eigenvalue weighted by atomic mass is 9.72. The molecule has 0 aliphatic carbocycles. The second-order valence-electron chi connectivity index (χ2n) is 8.17. The molecule has 2 rings (SSSR count). The van der Waals surface area contributed by atoms with E-state index < -0.39 is 35.5 Å². The molecule has 2 bridgehead atoms. The van der Waals surface area contributed by atoms with E-state index in [1.165, 1.54) is 51.4 Å². The number of aliphatic carboxylic acids is 2. The molecule has 0 spiro atoms. The summed E-state index contributed by atoms with van der Waals surface area (Å²) in [6.45, 7) is 3.00. The van der Waals surface area contributed by atoms with Gasteiger partial charge >= 0.3 is 11.9 Å². The van der Waals surface area contributed by atoms with E-state index in [2.05, 4.69) is 6.92 Å². The van der Waals surface area contributed by atoms with Crippen LogP contribution in [0.5, 0.6) is 0 Å². The first-order valence-corrected chi connectivity index (χ1v) is 10.7. The molecule has 2 aliphatic heterocycles. The number of ether oxygens (including phenoxy) is 2. The van der Waals surface area contributed by atoms with Crippen LogP contribution < -0.4 is 0 Å². The van der Waals surface area contributed by atoms with Gasteiger partial charge in [0.25, 0.3) is 0 Å². The zero-order chi connectivity index (χ0) is 19.7. The summed E-state index contributed by atoms with van der Waals surface area (Å²) in [7, 11) is 0. The molecule has 2 fully saturated rings. The van der Waals surface area contributed by atoms with Gasteiger partial charge in [0.1, 0.15) is 11.5 Å². The van der Waals surface area contributed by atoms with Gasteiger partial charge in [-0.15, -0.1) is 0 Å². The van der Waals surface area contributed by atoms with Gasteiger partial charge in [0.2, 0.25) is 0 Å². The molecule has 2 N–H and O–H groups in total. The maximum absolute atomic E-state index is 11.6. The van der Waals surface area contributed by atoms with Crippen molar-refractivity contribution < 1.29 is 29.3 Å². The third-order valence-electron chi connectivity index (χ3n) is 6.10. The highest BCUT2D eigenvalue weighted by atomic mass is 16.6. The molecule has 27 heavy (non-hydrogen) atoms. The molecule has 4 atom stereocenters. The van der Waals surface area contributed by atoms with Crippen LogP contribution in [0.1, 0.15) is 84.0 Å². The van der Waals surface area contributed by atoms with Gasteiger partial charge in [-0.2, -0.15) is 0 Å². The summed E-state index contributed by atoms with van der Waals surface area (Å²) in [6.07, 6.45) is 13.2. The van der Waals surface area contributed by atoms with E-state index in [-0.39, 0.29) is 6.61 Å². The molecule has 0 radical (unpaired) electrons. The quantitative estimate of drug-likeness (QED) is 0.410. The summed E-state index contributed by atoms with van der Waals surface area (Å²) in [6, 6.07) is 0. The molecule has 156 valence electrons. The summed E-state index contributed by atoms with van der Waals surface area (Å²) in [5.41, 5.74) is -0.960. The van der Waals surface area contributed by atoms with Gasteiger partial charge in [0.15, 0.2) is 0 Å². The summed E-state index contributed by atoms with van der Waals surface area (Å²) >= 11 is 0. The SMILES string of the molecule is CCCCCCCCCCCCOC[C@@]12CC[C@@H](O1)C(C(=O)O)C2C(=O)O. The van der Waals surface area contributed by atoms with Crippen molar-refractivity contribution in [2.75, 3.05) is 13.2 Å². The summed E-state index contributed by atoms with van der Waals surface area (Å²) in [5, 5.41) is 18.9. The highest BCUT2D eigenvalue weighted by Gasteiger charge is 2.64. The Morgan fingerprint density at radius 2 is 1.56 bits per heavy atom. The number of fused-ring (bicyclic) bond motifs is 2. The highest BCUT2D eigenvalue weighted by Crippen LogP contribution is 2.51. The van der Waals surface area contributed by atoms with E-state index in [9.17, 15) is 19.8 Å². The predicted octanol–water partition coefficient (Wildman–Crippen LogP) is 4.26. The van der Waals surface area contributed by atoms with Crippen molar-refractivity contribution in [3.8, 4) is 0 Å². The van der Waals surface area contributed by atoms with E-state index in [4.69, 9.17) is 9.47 Å². The van der Waals surface area contributed by atoms with Crippen LogP contribution in [0.15, 0.2) is 0 Å². The Morgan fingerprint density at radius 1 is 0.963 bits per heavy atom. The monoisotopic (exact) mass is 384 g/mol. The molecular formula is C21H36O6. The number of hydrogen-bond donors (Lipinski definition) is 2. The lowest BCUT2D eigenvalue weighted by Gasteiger charge is -2.31. The smallest absolute Gasteiger partial charge is 0.310 e. The normalized spacial score (nSPS) is 29.3. The Kier molecular flexibility index (Phi) is 9.03. The predicted molar refractivity (Wildman–Crippen MR) is 102 cm³/mol. The van der Waals surface area contributed by atoms with Crippen molar-refractivity contribution in [2.45, 2.75) is 95.7 Å². The number of carbonyl (C=O) groups is 2. The molecule has 0 aromatic rings. The Balaban J connectivity index is 1.59. The van der Waals surface area contributed by atoms with Gasteiger partial charge < -0.3 is 19.7 Å². The van der Waals surface area contributed by atoms with Crippen molar-refractivity contribution in [2.24, 2.45) is 11.8 Å². The van der Waals surface area contributed by atoms with E-state index in [0.717, 1.165) is 12.8 Å². The van der Waals surface area contributed by atoms with Gasteiger partial charge in [0.05, 0.1) is 18.6 Å². The highest BCUT2D eigenvalue weighted by molar-refractivity contribution is 5.83. The number of unbranched alkanes of at least 4 members (excludes halogenated alkanes) is 9. The molecule has 2 heterocycles. The third kappa shape index (κ3) is 5.92. The minimum Gasteiger partial charge on any atom is -0.481 e. The topological polar surface area (TPSA) is 93.1 Å².